The Hall–Kier alpha value is -2.15. The van der Waals surface area contributed by atoms with Gasteiger partial charge in [0, 0.05) is 23.3 Å². The molecule has 0 bridgehead atoms. The number of carbonyl (C=O) groups excluding carboxylic acids is 1. The zero-order valence-corrected chi connectivity index (χ0v) is 18.2. The lowest BCUT2D eigenvalue weighted by Gasteiger charge is -2.31. The van der Waals surface area contributed by atoms with Crippen molar-refractivity contribution in [3.05, 3.63) is 45.4 Å². The van der Waals surface area contributed by atoms with Gasteiger partial charge in [0.1, 0.15) is 12.2 Å². The molecule has 0 spiro atoms. The van der Waals surface area contributed by atoms with Crippen LogP contribution in [0.25, 0.3) is 0 Å². The Morgan fingerprint density at radius 3 is 2.50 bits per heavy atom. The number of anilines is 1. The largest absolute Gasteiger partial charge is 0.417 e. The SMILES string of the molecule is Cc1sc([C@@H]2[C@H](C(=O)Nc3ccc([C@H](O)CN)nc3)O[C@@](C)(C(F)(F)F)[C@H]2C)c(F)c1F. The topological polar surface area (TPSA) is 97.5 Å². The minimum Gasteiger partial charge on any atom is -0.385 e. The molecule has 12 heteroatoms. The van der Waals surface area contributed by atoms with Gasteiger partial charge in [0.2, 0.25) is 0 Å². The van der Waals surface area contributed by atoms with Crippen LogP contribution in [0.15, 0.2) is 18.3 Å². The van der Waals surface area contributed by atoms with Crippen LogP contribution in [0, 0.1) is 24.5 Å². The second-order valence-electron chi connectivity index (χ2n) is 7.82. The quantitative estimate of drug-likeness (QED) is 0.567. The van der Waals surface area contributed by atoms with E-state index in [1.807, 2.05) is 0 Å². The molecule has 1 aliphatic heterocycles. The Balaban J connectivity index is 1.95. The third-order valence-electron chi connectivity index (χ3n) is 5.83. The number of nitrogens with two attached hydrogens (primary N) is 1. The fraction of sp³-hybridized carbons (Fsp3) is 0.500. The van der Waals surface area contributed by atoms with Gasteiger partial charge in [-0.3, -0.25) is 9.78 Å². The molecule has 6 nitrogen and oxygen atoms in total. The highest BCUT2D eigenvalue weighted by molar-refractivity contribution is 7.12. The number of halogens is 5. The highest BCUT2D eigenvalue weighted by atomic mass is 32.1. The first-order valence-corrected chi connectivity index (χ1v) is 10.5. The number of aliphatic hydroxyl groups is 1. The molecule has 2 aromatic rings. The normalized spacial score (nSPS) is 26.9. The van der Waals surface area contributed by atoms with E-state index in [4.69, 9.17) is 10.5 Å². The standard InChI is InChI=1S/C20H22F5N3O3S/c1-8-13(17-15(22)14(21)9(2)32-17)16(31-19(8,3)20(23,24)25)18(30)28-10-4-5-11(27-7-10)12(29)6-26/h4-5,7-8,12-13,16,29H,6,26H2,1-3H3,(H,28,30)/t8-,12+,13-,16+,19+/m0/s1. The van der Waals surface area contributed by atoms with Crippen LogP contribution in [0.1, 0.15) is 41.3 Å². The van der Waals surface area contributed by atoms with Gasteiger partial charge < -0.3 is 20.9 Å². The van der Waals surface area contributed by atoms with E-state index in [0.717, 1.165) is 6.92 Å². The molecular formula is C20H22F5N3O3S. The van der Waals surface area contributed by atoms with Crippen molar-refractivity contribution in [2.45, 2.75) is 50.7 Å². The lowest BCUT2D eigenvalue weighted by atomic mass is 9.80. The number of hydrogen-bond donors (Lipinski definition) is 3. The highest BCUT2D eigenvalue weighted by Crippen LogP contribution is 2.55. The van der Waals surface area contributed by atoms with E-state index in [0.29, 0.717) is 11.3 Å². The first-order valence-electron chi connectivity index (χ1n) is 9.65. The molecule has 3 heterocycles. The van der Waals surface area contributed by atoms with Gasteiger partial charge in [0.15, 0.2) is 17.2 Å². The summed E-state index contributed by atoms with van der Waals surface area (Å²) in [6.07, 6.45) is -6.42. The monoisotopic (exact) mass is 479 g/mol. The number of nitrogens with zero attached hydrogens (tertiary/aromatic N) is 1. The molecule has 0 unspecified atom stereocenters. The maximum absolute atomic E-state index is 14.5. The second-order valence-corrected chi connectivity index (χ2v) is 9.08. The Kier molecular flexibility index (Phi) is 6.62. The van der Waals surface area contributed by atoms with Crippen LogP contribution in [0.4, 0.5) is 27.6 Å². The van der Waals surface area contributed by atoms with Crippen LogP contribution in [0.5, 0.6) is 0 Å². The van der Waals surface area contributed by atoms with Gasteiger partial charge >= 0.3 is 6.18 Å². The van der Waals surface area contributed by atoms with Crippen molar-refractivity contribution in [1.82, 2.24) is 4.98 Å². The summed E-state index contributed by atoms with van der Waals surface area (Å²) >= 11 is 0.659. The van der Waals surface area contributed by atoms with Gasteiger partial charge in [-0.25, -0.2) is 8.78 Å². The maximum Gasteiger partial charge on any atom is 0.417 e. The zero-order valence-electron chi connectivity index (χ0n) is 17.3. The minimum atomic E-state index is -4.86. The van der Waals surface area contributed by atoms with Crippen molar-refractivity contribution >= 4 is 22.9 Å². The van der Waals surface area contributed by atoms with Crippen molar-refractivity contribution < 1.29 is 36.6 Å². The number of alkyl halides is 3. The Labute approximate surface area is 184 Å². The van der Waals surface area contributed by atoms with Gasteiger partial charge in [-0.15, -0.1) is 11.3 Å². The van der Waals surface area contributed by atoms with Crippen molar-refractivity contribution in [3.8, 4) is 0 Å². The van der Waals surface area contributed by atoms with Crippen LogP contribution in [0.3, 0.4) is 0 Å². The fourth-order valence-corrected chi connectivity index (χ4v) is 4.85. The molecule has 4 N–H and O–H groups in total. The molecular weight excluding hydrogens is 457 g/mol. The van der Waals surface area contributed by atoms with Crippen molar-refractivity contribution in [2.75, 3.05) is 11.9 Å². The molecule has 2 aromatic heterocycles. The molecule has 176 valence electrons. The first-order chi connectivity index (χ1) is 14.8. The van der Waals surface area contributed by atoms with Crippen LogP contribution < -0.4 is 11.1 Å². The predicted octanol–water partition coefficient (Wildman–Crippen LogP) is 3.80. The maximum atomic E-state index is 14.5. The number of nitrogens with one attached hydrogen (secondary N) is 1. The molecule has 1 amide bonds. The van der Waals surface area contributed by atoms with Gasteiger partial charge in [-0.2, -0.15) is 13.2 Å². The van der Waals surface area contributed by atoms with E-state index in [2.05, 4.69) is 10.3 Å². The van der Waals surface area contributed by atoms with E-state index < -0.39 is 53.4 Å². The summed E-state index contributed by atoms with van der Waals surface area (Å²) < 4.78 is 75.2. The van der Waals surface area contributed by atoms with E-state index in [1.165, 1.54) is 32.2 Å². The number of ether oxygens (including phenoxy) is 1. The summed E-state index contributed by atoms with van der Waals surface area (Å²) in [5.74, 6) is -6.16. The lowest BCUT2D eigenvalue weighted by molar-refractivity contribution is -0.272. The van der Waals surface area contributed by atoms with Crippen LogP contribution >= 0.6 is 11.3 Å². The summed E-state index contributed by atoms with van der Waals surface area (Å²) in [5, 5.41) is 12.1. The molecule has 0 radical (unpaired) electrons. The summed E-state index contributed by atoms with van der Waals surface area (Å²) in [7, 11) is 0. The van der Waals surface area contributed by atoms with Crippen LogP contribution in [0.2, 0.25) is 0 Å². The minimum absolute atomic E-state index is 0.0391. The van der Waals surface area contributed by atoms with Gasteiger partial charge in [0.05, 0.1) is 22.5 Å². The Morgan fingerprint density at radius 2 is 2.03 bits per heavy atom. The summed E-state index contributed by atoms with van der Waals surface area (Å²) in [6, 6.07) is 2.77. The van der Waals surface area contributed by atoms with Gasteiger partial charge in [-0.1, -0.05) is 6.92 Å². The number of rotatable bonds is 5. The van der Waals surface area contributed by atoms with Crippen molar-refractivity contribution in [1.29, 1.82) is 0 Å². The van der Waals surface area contributed by atoms with E-state index >= 15 is 0 Å². The molecule has 5 atom stereocenters. The van der Waals surface area contributed by atoms with E-state index in [-0.39, 0.29) is 27.7 Å². The number of pyridine rings is 1. The van der Waals surface area contributed by atoms with Crippen molar-refractivity contribution in [3.63, 3.8) is 0 Å². The molecule has 1 fully saturated rings. The van der Waals surface area contributed by atoms with E-state index in [9.17, 15) is 31.9 Å². The predicted molar refractivity (Wildman–Crippen MR) is 107 cm³/mol. The molecule has 1 saturated heterocycles. The number of aryl methyl sites for hydroxylation is 1. The fourth-order valence-electron chi connectivity index (χ4n) is 3.70. The molecule has 32 heavy (non-hydrogen) atoms. The third kappa shape index (κ3) is 4.12. The van der Waals surface area contributed by atoms with Crippen molar-refractivity contribution in [2.24, 2.45) is 11.7 Å². The summed E-state index contributed by atoms with van der Waals surface area (Å²) in [5.41, 5.74) is 2.95. The molecule has 1 aliphatic rings. The van der Waals surface area contributed by atoms with Crippen LogP contribution in [-0.4, -0.2) is 40.4 Å². The zero-order chi connectivity index (χ0) is 24.0. The molecule has 0 aliphatic carbocycles. The van der Waals surface area contributed by atoms with Crippen LogP contribution in [-0.2, 0) is 9.53 Å². The average molecular weight is 479 g/mol. The highest BCUT2D eigenvalue weighted by Gasteiger charge is 2.66. The Morgan fingerprint density at radius 1 is 1.38 bits per heavy atom. The second kappa shape index (κ2) is 8.65. The molecule has 0 aromatic carbocycles. The number of hydrogen-bond acceptors (Lipinski definition) is 6. The number of amides is 1. The number of carbonyl (C=O) groups is 1. The smallest absolute Gasteiger partial charge is 0.385 e. The summed E-state index contributed by atoms with van der Waals surface area (Å²) in [6.45, 7) is 3.21. The third-order valence-corrected chi connectivity index (χ3v) is 6.99. The lowest BCUT2D eigenvalue weighted by Crippen LogP contribution is -2.47. The molecule has 3 rings (SSSR count). The van der Waals surface area contributed by atoms with Gasteiger partial charge in [-0.05, 0) is 26.0 Å². The van der Waals surface area contributed by atoms with Gasteiger partial charge in [0.25, 0.3) is 5.91 Å². The number of aromatic nitrogens is 1. The average Bonchev–Trinajstić information content (AvgIpc) is 3.16. The Bertz CT molecular complexity index is 998. The number of aliphatic hydroxyl groups excluding tert-OH is 1. The molecule has 0 saturated carbocycles. The van der Waals surface area contributed by atoms with E-state index in [1.54, 1.807) is 0 Å². The first kappa shape index (κ1) is 24.5. The number of thiophene rings is 1. The summed E-state index contributed by atoms with van der Waals surface area (Å²) in [4.78, 5) is 16.5.